The number of methoxy groups -OCH3 is 1. The van der Waals surface area contributed by atoms with Gasteiger partial charge in [-0.2, -0.15) is 0 Å². The van der Waals surface area contributed by atoms with Crippen molar-refractivity contribution in [2.45, 2.75) is 44.4 Å². The van der Waals surface area contributed by atoms with E-state index in [1.165, 1.54) is 12.0 Å². The number of hydrogen-bond acceptors (Lipinski definition) is 2. The summed E-state index contributed by atoms with van der Waals surface area (Å²) >= 11 is 6.19. The molecule has 1 amide bonds. The van der Waals surface area contributed by atoms with Crippen LogP contribution >= 0.6 is 11.6 Å². The molecule has 2 aromatic rings. The first-order valence-corrected chi connectivity index (χ1v) is 9.15. The van der Waals surface area contributed by atoms with E-state index in [9.17, 15) is 4.79 Å². The summed E-state index contributed by atoms with van der Waals surface area (Å²) in [6.45, 7) is 2.07. The molecule has 1 aliphatic carbocycles. The summed E-state index contributed by atoms with van der Waals surface area (Å²) in [4.78, 5) is 13.3. The maximum Gasteiger partial charge on any atom is 0.235 e. The van der Waals surface area contributed by atoms with Crippen molar-refractivity contribution in [3.8, 4) is 5.75 Å². The SMILES string of the molecule is COc1ccc(NC(=O)C2(c3ccc(C)cc3)CCCCC2)cc1Cl. The topological polar surface area (TPSA) is 38.3 Å². The van der Waals surface area contributed by atoms with Gasteiger partial charge in [-0.3, -0.25) is 4.79 Å². The molecule has 25 heavy (non-hydrogen) atoms. The van der Waals surface area contributed by atoms with Crippen LogP contribution in [0, 0.1) is 6.92 Å². The van der Waals surface area contributed by atoms with Crippen LogP contribution in [0.2, 0.25) is 5.02 Å². The van der Waals surface area contributed by atoms with Gasteiger partial charge in [-0.05, 0) is 43.5 Å². The fourth-order valence-electron chi connectivity index (χ4n) is 3.67. The van der Waals surface area contributed by atoms with Crippen molar-refractivity contribution >= 4 is 23.2 Å². The van der Waals surface area contributed by atoms with Crippen LogP contribution < -0.4 is 10.1 Å². The average molecular weight is 358 g/mol. The van der Waals surface area contributed by atoms with E-state index in [1.54, 1.807) is 19.2 Å². The van der Waals surface area contributed by atoms with E-state index < -0.39 is 5.41 Å². The first-order valence-electron chi connectivity index (χ1n) is 8.77. The lowest BCUT2D eigenvalue weighted by Gasteiger charge is -2.36. The molecule has 0 heterocycles. The fourth-order valence-corrected chi connectivity index (χ4v) is 3.93. The van der Waals surface area contributed by atoms with Gasteiger partial charge in [0.15, 0.2) is 0 Å². The minimum atomic E-state index is -0.460. The number of hydrogen-bond donors (Lipinski definition) is 1. The van der Waals surface area contributed by atoms with Gasteiger partial charge in [0.05, 0.1) is 17.5 Å². The number of benzene rings is 2. The lowest BCUT2D eigenvalue weighted by Crippen LogP contribution is -2.42. The van der Waals surface area contributed by atoms with Crippen LogP contribution in [-0.2, 0) is 10.2 Å². The van der Waals surface area contributed by atoms with Gasteiger partial charge < -0.3 is 10.1 Å². The third kappa shape index (κ3) is 3.67. The fraction of sp³-hybridized carbons (Fsp3) is 0.381. The third-order valence-electron chi connectivity index (χ3n) is 5.16. The molecule has 0 spiro atoms. The number of ether oxygens (including phenoxy) is 1. The number of carbonyl (C=O) groups is 1. The van der Waals surface area contributed by atoms with Crippen LogP contribution in [0.15, 0.2) is 42.5 Å². The van der Waals surface area contributed by atoms with Gasteiger partial charge >= 0.3 is 0 Å². The van der Waals surface area contributed by atoms with Gasteiger partial charge in [-0.15, -0.1) is 0 Å². The lowest BCUT2D eigenvalue weighted by molar-refractivity contribution is -0.122. The average Bonchev–Trinajstić information content (AvgIpc) is 2.63. The lowest BCUT2D eigenvalue weighted by atomic mass is 9.68. The minimum Gasteiger partial charge on any atom is -0.495 e. The number of rotatable bonds is 4. The Morgan fingerprint density at radius 3 is 2.36 bits per heavy atom. The summed E-state index contributed by atoms with van der Waals surface area (Å²) in [5.74, 6) is 0.655. The summed E-state index contributed by atoms with van der Waals surface area (Å²) in [7, 11) is 1.58. The highest BCUT2D eigenvalue weighted by Gasteiger charge is 2.41. The Bertz CT molecular complexity index is 749. The minimum absolute atomic E-state index is 0.0530. The Morgan fingerprint density at radius 1 is 1.08 bits per heavy atom. The Kier molecular flexibility index (Phi) is 5.33. The molecular weight excluding hydrogens is 334 g/mol. The predicted molar refractivity (Wildman–Crippen MR) is 103 cm³/mol. The molecule has 1 fully saturated rings. The third-order valence-corrected chi connectivity index (χ3v) is 5.45. The molecule has 0 atom stereocenters. The Morgan fingerprint density at radius 2 is 1.76 bits per heavy atom. The van der Waals surface area contributed by atoms with E-state index in [-0.39, 0.29) is 5.91 Å². The van der Waals surface area contributed by atoms with Crippen LogP contribution in [0.3, 0.4) is 0 Å². The number of halogens is 1. The molecule has 0 radical (unpaired) electrons. The van der Waals surface area contributed by atoms with Gasteiger partial charge in [0.1, 0.15) is 5.75 Å². The van der Waals surface area contributed by atoms with Crippen molar-refractivity contribution in [2.75, 3.05) is 12.4 Å². The highest BCUT2D eigenvalue weighted by molar-refractivity contribution is 6.32. The van der Waals surface area contributed by atoms with Gasteiger partial charge in [0.2, 0.25) is 5.91 Å². The summed E-state index contributed by atoms with van der Waals surface area (Å²) in [6.07, 6.45) is 5.10. The second-order valence-corrected chi connectivity index (χ2v) is 7.22. The molecule has 132 valence electrons. The molecular formula is C21H24ClNO2. The highest BCUT2D eigenvalue weighted by atomic mass is 35.5. The molecule has 4 heteroatoms. The van der Waals surface area contributed by atoms with Crippen molar-refractivity contribution < 1.29 is 9.53 Å². The highest BCUT2D eigenvalue weighted by Crippen LogP contribution is 2.41. The normalized spacial score (nSPS) is 16.3. The van der Waals surface area contributed by atoms with Crippen molar-refractivity contribution in [1.82, 2.24) is 0 Å². The summed E-state index contributed by atoms with van der Waals surface area (Å²) < 4.78 is 5.18. The largest absolute Gasteiger partial charge is 0.495 e. The zero-order chi connectivity index (χ0) is 17.9. The van der Waals surface area contributed by atoms with E-state index in [0.717, 1.165) is 31.2 Å². The van der Waals surface area contributed by atoms with Crippen LogP contribution in [0.1, 0.15) is 43.2 Å². The smallest absolute Gasteiger partial charge is 0.235 e. The monoisotopic (exact) mass is 357 g/mol. The second-order valence-electron chi connectivity index (χ2n) is 6.81. The molecule has 0 unspecified atom stereocenters. The van der Waals surface area contributed by atoms with Crippen LogP contribution in [0.5, 0.6) is 5.75 Å². The summed E-state index contributed by atoms with van der Waals surface area (Å²) in [6, 6.07) is 13.7. The standard InChI is InChI=1S/C21H24ClNO2/c1-15-6-8-16(9-7-15)21(12-4-3-5-13-21)20(24)23-17-10-11-19(25-2)18(22)14-17/h6-11,14H,3-5,12-13H2,1-2H3,(H,23,24). The molecule has 1 saturated carbocycles. The zero-order valence-electron chi connectivity index (χ0n) is 14.8. The van der Waals surface area contributed by atoms with Crippen molar-refractivity contribution in [3.63, 3.8) is 0 Å². The van der Waals surface area contributed by atoms with E-state index in [0.29, 0.717) is 16.5 Å². The van der Waals surface area contributed by atoms with E-state index >= 15 is 0 Å². The molecule has 1 N–H and O–H groups in total. The Hall–Kier alpha value is -2.00. The molecule has 1 aliphatic rings. The predicted octanol–water partition coefficient (Wildman–Crippen LogP) is 5.50. The molecule has 3 nitrogen and oxygen atoms in total. The van der Waals surface area contributed by atoms with E-state index in [4.69, 9.17) is 16.3 Å². The van der Waals surface area contributed by atoms with Crippen molar-refractivity contribution in [3.05, 3.63) is 58.6 Å². The van der Waals surface area contributed by atoms with Gasteiger partial charge in [-0.25, -0.2) is 0 Å². The summed E-state index contributed by atoms with van der Waals surface area (Å²) in [5.41, 5.74) is 2.55. The molecule has 0 aromatic heterocycles. The van der Waals surface area contributed by atoms with Gasteiger partial charge in [0, 0.05) is 5.69 Å². The molecule has 3 rings (SSSR count). The Balaban J connectivity index is 1.89. The maximum absolute atomic E-state index is 13.3. The number of anilines is 1. The first kappa shape index (κ1) is 17.8. The first-order chi connectivity index (χ1) is 12.0. The van der Waals surface area contributed by atoms with E-state index in [1.807, 2.05) is 6.07 Å². The number of carbonyl (C=O) groups excluding carboxylic acids is 1. The number of aryl methyl sites for hydroxylation is 1. The zero-order valence-corrected chi connectivity index (χ0v) is 15.5. The second kappa shape index (κ2) is 7.49. The van der Waals surface area contributed by atoms with Gasteiger partial charge in [-0.1, -0.05) is 60.7 Å². The number of amides is 1. The molecule has 2 aromatic carbocycles. The van der Waals surface area contributed by atoms with Crippen LogP contribution in [0.25, 0.3) is 0 Å². The molecule has 0 bridgehead atoms. The quantitative estimate of drug-likeness (QED) is 0.784. The van der Waals surface area contributed by atoms with Crippen molar-refractivity contribution in [1.29, 1.82) is 0 Å². The number of nitrogens with one attached hydrogen (secondary N) is 1. The Labute approximate surface area is 154 Å². The van der Waals surface area contributed by atoms with Crippen LogP contribution in [0.4, 0.5) is 5.69 Å². The molecule has 0 aliphatic heterocycles. The van der Waals surface area contributed by atoms with Crippen molar-refractivity contribution in [2.24, 2.45) is 0 Å². The maximum atomic E-state index is 13.3. The summed E-state index contributed by atoms with van der Waals surface area (Å²) in [5, 5.41) is 3.57. The van der Waals surface area contributed by atoms with Gasteiger partial charge in [0.25, 0.3) is 0 Å². The van der Waals surface area contributed by atoms with Crippen LogP contribution in [-0.4, -0.2) is 13.0 Å². The van der Waals surface area contributed by atoms with E-state index in [2.05, 4.69) is 36.5 Å². The molecule has 0 saturated heterocycles.